The number of esters is 2. The van der Waals surface area contributed by atoms with Gasteiger partial charge in [0.2, 0.25) is 5.56 Å². The average Bonchev–Trinajstić information content (AvgIpc) is 3.59. The molecule has 2 aliphatic heterocycles. The van der Waals surface area contributed by atoms with Crippen LogP contribution in [0.5, 0.6) is 5.75 Å². The molecule has 12 nitrogen and oxygen atoms in total. The van der Waals surface area contributed by atoms with Gasteiger partial charge in [-0.25, -0.2) is 14.6 Å². The first kappa shape index (κ1) is 40.8. The quantitative estimate of drug-likeness (QED) is 0.0894. The highest BCUT2D eigenvalue weighted by Crippen LogP contribution is 2.34. The van der Waals surface area contributed by atoms with Crippen molar-refractivity contribution in [3.05, 3.63) is 91.7 Å². The van der Waals surface area contributed by atoms with Gasteiger partial charge in [-0.15, -0.1) is 11.3 Å². The predicted molar refractivity (Wildman–Crippen MR) is 190 cm³/mol. The Kier molecular flexibility index (Phi) is 12.2. The van der Waals surface area contributed by atoms with Crippen molar-refractivity contribution in [2.45, 2.75) is 56.8 Å². The number of aromatic amines is 1. The molecule has 2 aliphatic rings. The first-order valence-electron chi connectivity index (χ1n) is 17.6. The van der Waals surface area contributed by atoms with Gasteiger partial charge in [0.05, 0.1) is 29.3 Å². The number of ether oxygens (including phenoxy) is 3. The molecule has 2 aromatic carbocycles. The van der Waals surface area contributed by atoms with Crippen molar-refractivity contribution in [1.82, 2.24) is 25.1 Å². The number of halogens is 6. The van der Waals surface area contributed by atoms with Gasteiger partial charge >= 0.3 is 24.3 Å². The lowest BCUT2D eigenvalue weighted by Gasteiger charge is -2.47. The maximum Gasteiger partial charge on any atom is 0.491 e. The van der Waals surface area contributed by atoms with E-state index in [1.807, 2.05) is 36.1 Å². The number of piperidine rings is 1. The molecule has 2 fully saturated rings. The molecule has 2 N–H and O–H groups in total. The summed E-state index contributed by atoms with van der Waals surface area (Å²) >= 11 is 1.45. The average molecular weight is 810 g/mol. The molecule has 0 unspecified atom stereocenters. The third-order valence-electron chi connectivity index (χ3n) is 9.64. The van der Waals surface area contributed by atoms with Gasteiger partial charge in [-0.3, -0.25) is 14.5 Å². The number of benzene rings is 2. The summed E-state index contributed by atoms with van der Waals surface area (Å²) in [5.74, 6) is -5.85. The van der Waals surface area contributed by atoms with E-state index in [0.29, 0.717) is 38.4 Å². The van der Waals surface area contributed by atoms with Crippen LogP contribution in [0.1, 0.15) is 51.1 Å². The molecule has 1 atom stereocenters. The molecule has 2 aromatic heterocycles. The first-order chi connectivity index (χ1) is 26.5. The molecule has 0 aliphatic carbocycles. The SMILES string of the molecule is Cc1nc(C(=O)N2CCOC3(CCN(Cc4ccc(CCNC[C@H](OC(=O)C(F)(F)F)c5ccc(OC(=O)C(F)(F)F)c6[nH]c(=O)ccc56)cc4)CC3)C2)cs1. The first-order valence-corrected chi connectivity index (χ1v) is 18.5. The number of carbonyl (C=O) groups is 3. The predicted octanol–water partition coefficient (Wildman–Crippen LogP) is 5.25. The lowest BCUT2D eigenvalue weighted by Crippen LogP contribution is -2.58. The maximum atomic E-state index is 13.3. The van der Waals surface area contributed by atoms with Crippen LogP contribution >= 0.6 is 11.3 Å². The zero-order chi connectivity index (χ0) is 40.3. The molecule has 0 saturated carbocycles. The lowest BCUT2D eigenvalue weighted by atomic mass is 9.89. The maximum absolute atomic E-state index is 13.3. The molecular formula is C37H37F6N5O7S. The number of amides is 1. The van der Waals surface area contributed by atoms with Gasteiger partial charge in [-0.1, -0.05) is 30.3 Å². The van der Waals surface area contributed by atoms with E-state index >= 15 is 0 Å². The smallest absolute Gasteiger partial charge is 0.449 e. The van der Waals surface area contributed by atoms with Crippen LogP contribution < -0.4 is 15.6 Å². The number of alkyl halides is 6. The van der Waals surface area contributed by atoms with E-state index in [4.69, 9.17) is 9.47 Å². The molecule has 2 saturated heterocycles. The van der Waals surface area contributed by atoms with Gasteiger partial charge in [-0.2, -0.15) is 26.3 Å². The highest BCUT2D eigenvalue weighted by molar-refractivity contribution is 7.09. The topological polar surface area (TPSA) is 143 Å². The summed E-state index contributed by atoms with van der Waals surface area (Å²) in [4.78, 5) is 59.2. The summed E-state index contributed by atoms with van der Waals surface area (Å²) in [6.07, 6.45) is -10.3. The fourth-order valence-corrected chi connectivity index (χ4v) is 7.37. The number of aromatic nitrogens is 2. The Morgan fingerprint density at radius 2 is 1.66 bits per heavy atom. The number of hydrogen-bond donors (Lipinski definition) is 2. The Balaban J connectivity index is 1.04. The Hall–Kier alpha value is -4.85. The van der Waals surface area contributed by atoms with E-state index in [2.05, 4.69) is 24.9 Å². The Morgan fingerprint density at radius 3 is 2.32 bits per heavy atom. The lowest BCUT2D eigenvalue weighted by molar-refractivity contribution is -0.205. The van der Waals surface area contributed by atoms with Crippen LogP contribution in [0.4, 0.5) is 26.3 Å². The third kappa shape index (κ3) is 9.93. The number of likely N-dealkylation sites (tertiary alicyclic amines) is 1. The number of H-pyrrole nitrogens is 1. The highest BCUT2D eigenvalue weighted by atomic mass is 32.1. The zero-order valence-corrected chi connectivity index (χ0v) is 30.7. The molecule has 0 bridgehead atoms. The summed E-state index contributed by atoms with van der Waals surface area (Å²) in [5.41, 5.74) is 0.769. The second kappa shape index (κ2) is 16.7. The van der Waals surface area contributed by atoms with Crippen LogP contribution in [-0.4, -0.2) is 101 Å². The van der Waals surface area contributed by atoms with Crippen molar-refractivity contribution in [2.24, 2.45) is 0 Å². The number of carbonyl (C=O) groups excluding carboxylic acids is 3. The summed E-state index contributed by atoms with van der Waals surface area (Å²) in [6, 6.07) is 11.8. The van der Waals surface area contributed by atoms with Crippen molar-refractivity contribution in [1.29, 1.82) is 0 Å². The van der Waals surface area contributed by atoms with Crippen LogP contribution in [0, 0.1) is 6.92 Å². The molecule has 56 heavy (non-hydrogen) atoms. The number of rotatable bonds is 11. The van der Waals surface area contributed by atoms with Crippen molar-refractivity contribution in [3.8, 4) is 5.75 Å². The minimum Gasteiger partial charge on any atom is -0.449 e. The highest BCUT2D eigenvalue weighted by Gasteiger charge is 2.44. The number of fused-ring (bicyclic) bond motifs is 1. The fourth-order valence-electron chi connectivity index (χ4n) is 6.78. The Bertz CT molecular complexity index is 2110. The van der Waals surface area contributed by atoms with E-state index in [1.165, 1.54) is 11.3 Å². The number of thiazole rings is 1. The van der Waals surface area contributed by atoms with Crippen molar-refractivity contribution >= 4 is 40.1 Å². The summed E-state index contributed by atoms with van der Waals surface area (Å²) < 4.78 is 93.8. The van der Waals surface area contributed by atoms with Gasteiger partial charge < -0.3 is 29.4 Å². The van der Waals surface area contributed by atoms with Gasteiger partial charge in [0.15, 0.2) is 5.75 Å². The number of morpholine rings is 1. The molecule has 6 rings (SSSR count). The molecule has 0 radical (unpaired) electrons. The molecular weight excluding hydrogens is 772 g/mol. The number of nitrogens with zero attached hydrogens (tertiary/aromatic N) is 3. The van der Waals surface area contributed by atoms with E-state index in [0.717, 1.165) is 66.3 Å². The van der Waals surface area contributed by atoms with Gasteiger partial charge in [0.25, 0.3) is 5.91 Å². The van der Waals surface area contributed by atoms with Crippen molar-refractivity contribution in [3.63, 3.8) is 0 Å². The van der Waals surface area contributed by atoms with Crippen LogP contribution in [0.15, 0.2) is 58.7 Å². The van der Waals surface area contributed by atoms with Crippen LogP contribution in [0.2, 0.25) is 0 Å². The minimum atomic E-state index is -5.37. The largest absolute Gasteiger partial charge is 0.491 e. The van der Waals surface area contributed by atoms with Crippen LogP contribution in [-0.2, 0) is 32.0 Å². The second-order valence-electron chi connectivity index (χ2n) is 13.6. The molecule has 1 spiro atoms. The Labute approximate surface area is 319 Å². The molecule has 4 heterocycles. The van der Waals surface area contributed by atoms with Gasteiger partial charge in [0.1, 0.15) is 11.8 Å². The number of pyridine rings is 1. The van der Waals surface area contributed by atoms with E-state index in [-0.39, 0.29) is 29.9 Å². The van der Waals surface area contributed by atoms with Crippen molar-refractivity contribution < 1.29 is 54.9 Å². The van der Waals surface area contributed by atoms with Crippen LogP contribution in [0.25, 0.3) is 10.9 Å². The second-order valence-corrected chi connectivity index (χ2v) is 14.7. The summed E-state index contributed by atoms with van der Waals surface area (Å²) in [7, 11) is 0. The fraction of sp³-hybridized carbons (Fsp3) is 0.432. The Morgan fingerprint density at radius 1 is 0.964 bits per heavy atom. The molecule has 1 amide bonds. The van der Waals surface area contributed by atoms with E-state index < -0.39 is 52.8 Å². The van der Waals surface area contributed by atoms with Gasteiger partial charge in [0, 0.05) is 55.1 Å². The van der Waals surface area contributed by atoms with Gasteiger partial charge in [-0.05, 0) is 56.0 Å². The molecule has 300 valence electrons. The van der Waals surface area contributed by atoms with Crippen molar-refractivity contribution in [2.75, 3.05) is 45.9 Å². The monoisotopic (exact) mass is 809 g/mol. The summed E-state index contributed by atoms with van der Waals surface area (Å²) in [5, 5.41) is 5.49. The third-order valence-corrected chi connectivity index (χ3v) is 10.4. The van der Waals surface area contributed by atoms with E-state index in [9.17, 15) is 45.5 Å². The number of nitrogens with one attached hydrogen (secondary N) is 2. The van der Waals surface area contributed by atoms with E-state index in [1.54, 1.807) is 5.38 Å². The minimum absolute atomic E-state index is 0.0717. The number of hydrogen-bond acceptors (Lipinski definition) is 11. The standard InChI is InChI=1S/C37H37F6N5O7S/c1-22-45-27(20-56-22)32(50)48-16-17-53-35(21-48)11-14-47(15-12-35)19-24-4-2-23(3-5-24)10-13-44-18-29(55-34(52)37(41,42)43)25-6-8-28(54-33(51)36(38,39)40)31-26(25)7-9-30(49)46-31/h2-9,20,29,44H,10-19,21H2,1H3,(H,46,49)/t29-/m0/s1. The van der Waals surface area contributed by atoms with Crippen LogP contribution in [0.3, 0.4) is 0 Å². The molecule has 19 heteroatoms. The number of aryl methyl sites for hydroxylation is 1. The normalized spacial score (nSPS) is 16.9. The zero-order valence-electron chi connectivity index (χ0n) is 29.9. The summed E-state index contributed by atoms with van der Waals surface area (Å²) in [6.45, 7) is 5.58. The molecule has 4 aromatic rings.